The van der Waals surface area contributed by atoms with Crippen molar-refractivity contribution in [2.45, 2.75) is 24.3 Å². The Morgan fingerprint density at radius 1 is 1.41 bits per heavy atom. The summed E-state index contributed by atoms with van der Waals surface area (Å²) in [6, 6.07) is 3.77. The molecule has 0 atom stereocenters. The molecule has 0 amide bonds. The van der Waals surface area contributed by atoms with Gasteiger partial charge in [0, 0.05) is 18.3 Å². The third-order valence-corrected chi connectivity index (χ3v) is 3.21. The molecular weight excluding hydrogens is 243 g/mol. The average Bonchev–Trinajstić information content (AvgIpc) is 2.12. The zero-order valence-corrected chi connectivity index (χ0v) is 10.9. The van der Waals surface area contributed by atoms with Gasteiger partial charge < -0.3 is 11.1 Å². The fourth-order valence-electron chi connectivity index (χ4n) is 1.19. The largest absolute Gasteiger partial charge is 0.381 e. The van der Waals surface area contributed by atoms with Crippen LogP contribution in [-0.4, -0.2) is 26.8 Å². The van der Waals surface area contributed by atoms with E-state index in [0.717, 1.165) is 12.3 Å². The first-order valence-electron chi connectivity index (χ1n) is 5.12. The summed E-state index contributed by atoms with van der Waals surface area (Å²) in [6.07, 6.45) is 1.04. The Kier molecular flexibility index (Phi) is 3.78. The zero-order chi connectivity index (χ0) is 13.3. The predicted molar refractivity (Wildman–Crippen MR) is 66.3 cm³/mol. The molecule has 1 rings (SSSR count). The number of benzene rings is 1. The predicted octanol–water partition coefficient (Wildman–Crippen LogP) is 1.38. The molecule has 0 unspecified atom stereocenters. The highest BCUT2D eigenvalue weighted by molar-refractivity contribution is 7.90. The van der Waals surface area contributed by atoms with Crippen LogP contribution in [0.15, 0.2) is 23.1 Å². The van der Waals surface area contributed by atoms with Crippen LogP contribution in [0.1, 0.15) is 13.8 Å². The van der Waals surface area contributed by atoms with Crippen molar-refractivity contribution < 1.29 is 12.8 Å². The van der Waals surface area contributed by atoms with Crippen LogP contribution in [0, 0.1) is 5.82 Å². The number of anilines is 1. The molecule has 0 radical (unpaired) electrons. The van der Waals surface area contributed by atoms with E-state index >= 15 is 0 Å². The van der Waals surface area contributed by atoms with E-state index in [0.29, 0.717) is 6.54 Å². The molecule has 0 saturated carbocycles. The minimum atomic E-state index is -3.38. The monoisotopic (exact) mass is 260 g/mol. The van der Waals surface area contributed by atoms with Crippen LogP contribution in [0.25, 0.3) is 0 Å². The van der Waals surface area contributed by atoms with E-state index in [1.165, 1.54) is 12.1 Å². The van der Waals surface area contributed by atoms with Crippen LogP contribution >= 0.6 is 0 Å². The molecule has 0 saturated heterocycles. The SMILES string of the molecule is CC(C)(N)CNc1ccc(S(C)(=O)=O)cc1F. The summed E-state index contributed by atoms with van der Waals surface area (Å²) in [5.41, 5.74) is 5.53. The van der Waals surface area contributed by atoms with E-state index in [9.17, 15) is 12.8 Å². The van der Waals surface area contributed by atoms with Gasteiger partial charge in [0.2, 0.25) is 0 Å². The van der Waals surface area contributed by atoms with E-state index in [1.807, 2.05) is 13.8 Å². The molecule has 0 spiro atoms. The zero-order valence-electron chi connectivity index (χ0n) is 10.1. The summed E-state index contributed by atoms with van der Waals surface area (Å²) in [4.78, 5) is -0.0347. The molecule has 0 fully saturated rings. The second kappa shape index (κ2) is 4.62. The molecule has 96 valence electrons. The maximum Gasteiger partial charge on any atom is 0.175 e. The molecule has 0 aliphatic heterocycles. The topological polar surface area (TPSA) is 72.2 Å². The highest BCUT2D eigenvalue weighted by atomic mass is 32.2. The second-order valence-electron chi connectivity index (χ2n) is 4.76. The molecule has 1 aromatic rings. The Labute approximate surface area is 101 Å². The first-order valence-corrected chi connectivity index (χ1v) is 7.01. The van der Waals surface area contributed by atoms with E-state index in [-0.39, 0.29) is 10.6 Å². The number of sulfone groups is 1. The van der Waals surface area contributed by atoms with E-state index in [1.54, 1.807) is 0 Å². The Hall–Kier alpha value is -1.14. The molecule has 4 nitrogen and oxygen atoms in total. The molecule has 0 aromatic heterocycles. The van der Waals surface area contributed by atoms with E-state index in [4.69, 9.17) is 5.73 Å². The number of hydrogen-bond acceptors (Lipinski definition) is 4. The van der Waals surface area contributed by atoms with Gasteiger partial charge in [0.1, 0.15) is 5.82 Å². The van der Waals surface area contributed by atoms with E-state index < -0.39 is 21.2 Å². The van der Waals surface area contributed by atoms with E-state index in [2.05, 4.69) is 5.32 Å². The molecule has 3 N–H and O–H groups in total. The summed E-state index contributed by atoms with van der Waals surface area (Å²) in [5.74, 6) is -0.600. The Bertz CT molecular complexity index is 507. The van der Waals surface area contributed by atoms with Crippen molar-refractivity contribution >= 4 is 15.5 Å². The molecule has 0 aliphatic rings. The molecular formula is C11H17FN2O2S. The van der Waals surface area contributed by atoms with Gasteiger partial charge in [0.15, 0.2) is 9.84 Å². The van der Waals surface area contributed by atoms with Crippen molar-refractivity contribution in [3.05, 3.63) is 24.0 Å². The van der Waals surface area contributed by atoms with Crippen molar-refractivity contribution in [1.29, 1.82) is 0 Å². The standard InChI is InChI=1S/C11H17FN2O2S/c1-11(2,13)7-14-10-5-4-8(6-9(10)12)17(3,15)16/h4-6,14H,7,13H2,1-3H3. The van der Waals surface area contributed by atoms with Crippen LogP contribution in [0.4, 0.5) is 10.1 Å². The number of nitrogens with one attached hydrogen (secondary N) is 1. The smallest absolute Gasteiger partial charge is 0.175 e. The Morgan fingerprint density at radius 2 is 2.00 bits per heavy atom. The van der Waals surface area contributed by atoms with Crippen LogP contribution < -0.4 is 11.1 Å². The van der Waals surface area contributed by atoms with Crippen LogP contribution in [0.3, 0.4) is 0 Å². The van der Waals surface area contributed by atoms with Gasteiger partial charge in [-0.3, -0.25) is 0 Å². The summed E-state index contributed by atoms with van der Waals surface area (Å²) in [5, 5.41) is 2.84. The van der Waals surface area contributed by atoms with Crippen molar-refractivity contribution in [2.75, 3.05) is 18.1 Å². The van der Waals surface area contributed by atoms with Gasteiger partial charge in [-0.1, -0.05) is 0 Å². The van der Waals surface area contributed by atoms with Gasteiger partial charge >= 0.3 is 0 Å². The summed E-state index contributed by atoms with van der Waals surface area (Å²) >= 11 is 0. The minimum absolute atomic E-state index is 0.0347. The summed E-state index contributed by atoms with van der Waals surface area (Å²) < 4.78 is 36.0. The lowest BCUT2D eigenvalue weighted by molar-refractivity contribution is 0.545. The van der Waals surface area contributed by atoms with Gasteiger partial charge in [-0.05, 0) is 32.0 Å². The lowest BCUT2D eigenvalue weighted by Crippen LogP contribution is -2.39. The van der Waals surface area contributed by atoms with Gasteiger partial charge in [-0.2, -0.15) is 0 Å². The van der Waals surface area contributed by atoms with Crippen LogP contribution in [-0.2, 0) is 9.84 Å². The fourth-order valence-corrected chi connectivity index (χ4v) is 1.83. The fraction of sp³-hybridized carbons (Fsp3) is 0.455. The van der Waals surface area contributed by atoms with Crippen molar-refractivity contribution in [1.82, 2.24) is 0 Å². The molecule has 1 aromatic carbocycles. The highest BCUT2D eigenvalue weighted by Crippen LogP contribution is 2.19. The molecule has 17 heavy (non-hydrogen) atoms. The molecule has 0 heterocycles. The van der Waals surface area contributed by atoms with Gasteiger partial charge in [-0.25, -0.2) is 12.8 Å². The lowest BCUT2D eigenvalue weighted by atomic mass is 10.1. The third kappa shape index (κ3) is 4.32. The number of halogens is 1. The normalized spacial score (nSPS) is 12.5. The van der Waals surface area contributed by atoms with Gasteiger partial charge in [0.05, 0.1) is 10.6 Å². The first-order chi connectivity index (χ1) is 7.59. The third-order valence-electron chi connectivity index (χ3n) is 2.10. The summed E-state index contributed by atoms with van der Waals surface area (Å²) in [7, 11) is -3.38. The van der Waals surface area contributed by atoms with Crippen LogP contribution in [0.2, 0.25) is 0 Å². The molecule has 0 aliphatic carbocycles. The summed E-state index contributed by atoms with van der Waals surface area (Å²) in [6.45, 7) is 4.01. The van der Waals surface area contributed by atoms with Gasteiger partial charge in [-0.15, -0.1) is 0 Å². The minimum Gasteiger partial charge on any atom is -0.381 e. The number of rotatable bonds is 4. The maximum atomic E-state index is 13.6. The maximum absolute atomic E-state index is 13.6. The lowest BCUT2D eigenvalue weighted by Gasteiger charge is -2.20. The molecule has 0 bridgehead atoms. The Balaban J connectivity index is 2.92. The van der Waals surface area contributed by atoms with Gasteiger partial charge in [0.25, 0.3) is 0 Å². The van der Waals surface area contributed by atoms with Crippen molar-refractivity contribution in [3.63, 3.8) is 0 Å². The highest BCUT2D eigenvalue weighted by Gasteiger charge is 2.14. The average molecular weight is 260 g/mol. The quantitative estimate of drug-likeness (QED) is 0.858. The van der Waals surface area contributed by atoms with Crippen molar-refractivity contribution in [2.24, 2.45) is 5.73 Å². The second-order valence-corrected chi connectivity index (χ2v) is 6.77. The number of nitrogens with two attached hydrogens (primary N) is 1. The first kappa shape index (κ1) is 13.9. The number of hydrogen-bond donors (Lipinski definition) is 2. The van der Waals surface area contributed by atoms with Crippen LogP contribution in [0.5, 0.6) is 0 Å². The molecule has 6 heteroatoms. The van der Waals surface area contributed by atoms with Crippen molar-refractivity contribution in [3.8, 4) is 0 Å². The Morgan fingerprint density at radius 3 is 2.41 bits per heavy atom.